The van der Waals surface area contributed by atoms with Gasteiger partial charge in [0.2, 0.25) is 0 Å². The van der Waals surface area contributed by atoms with E-state index in [2.05, 4.69) is 28.1 Å². The molecule has 1 aromatic carbocycles. The molecule has 0 amide bonds. The lowest BCUT2D eigenvalue weighted by Gasteiger charge is -2.02. The second-order valence-electron chi connectivity index (χ2n) is 3.67. The molecule has 0 bridgehead atoms. The predicted octanol–water partition coefficient (Wildman–Crippen LogP) is 2.69. The number of rotatable bonds is 1. The van der Waals surface area contributed by atoms with Crippen LogP contribution in [-0.2, 0) is 0 Å². The summed E-state index contributed by atoms with van der Waals surface area (Å²) in [6.45, 7) is 1.89. The summed E-state index contributed by atoms with van der Waals surface area (Å²) in [5, 5.41) is 9.60. The zero-order chi connectivity index (χ0) is 8.77. The minimum absolute atomic E-state index is 0.352. The van der Waals surface area contributed by atoms with Gasteiger partial charge in [-0.05, 0) is 31.0 Å². The van der Waals surface area contributed by atoms with Gasteiger partial charge < -0.3 is 5.11 Å². The molecule has 2 atom stereocenters. The van der Waals surface area contributed by atoms with Crippen LogP contribution in [0.25, 0.3) is 0 Å². The van der Waals surface area contributed by atoms with Gasteiger partial charge >= 0.3 is 0 Å². The van der Waals surface area contributed by atoms with Gasteiger partial charge in [-0.1, -0.05) is 28.1 Å². The quantitative estimate of drug-likeness (QED) is 0.781. The molecule has 2 rings (SSSR count). The van der Waals surface area contributed by atoms with E-state index < -0.39 is 5.60 Å². The van der Waals surface area contributed by atoms with Crippen LogP contribution in [0.4, 0.5) is 0 Å². The molecule has 1 N–H and O–H groups in total. The molecule has 0 aliphatic heterocycles. The van der Waals surface area contributed by atoms with Crippen LogP contribution >= 0.6 is 15.9 Å². The zero-order valence-electron chi connectivity index (χ0n) is 6.92. The second kappa shape index (κ2) is 2.57. The molecule has 0 saturated heterocycles. The van der Waals surface area contributed by atoms with Crippen LogP contribution in [0.3, 0.4) is 0 Å². The molecule has 12 heavy (non-hydrogen) atoms. The molecule has 0 heterocycles. The molecule has 0 radical (unpaired) electrons. The SMILES string of the molecule is C[C@@]1(O)C[C@H]1c1ccc(Br)cc1. The Hall–Kier alpha value is -0.340. The highest BCUT2D eigenvalue weighted by Crippen LogP contribution is 2.50. The highest BCUT2D eigenvalue weighted by molar-refractivity contribution is 9.10. The first-order valence-corrected chi connectivity index (χ1v) is 4.87. The summed E-state index contributed by atoms with van der Waals surface area (Å²) in [7, 11) is 0. The van der Waals surface area contributed by atoms with Crippen LogP contribution in [0, 0.1) is 0 Å². The van der Waals surface area contributed by atoms with E-state index in [1.165, 1.54) is 5.56 Å². The molecular formula is C10H11BrO. The Bertz CT molecular complexity index is 289. The third-order valence-electron chi connectivity index (χ3n) is 2.48. The first kappa shape index (κ1) is 8.27. The lowest BCUT2D eigenvalue weighted by atomic mass is 10.1. The van der Waals surface area contributed by atoms with E-state index in [1.807, 2.05) is 19.1 Å². The molecule has 1 aliphatic rings. The Kier molecular flexibility index (Phi) is 1.77. The van der Waals surface area contributed by atoms with Crippen molar-refractivity contribution in [2.45, 2.75) is 24.9 Å². The molecule has 64 valence electrons. The summed E-state index contributed by atoms with van der Waals surface area (Å²) in [4.78, 5) is 0. The van der Waals surface area contributed by atoms with Crippen LogP contribution in [0.5, 0.6) is 0 Å². The fourth-order valence-electron chi connectivity index (χ4n) is 1.53. The average molecular weight is 227 g/mol. The van der Waals surface area contributed by atoms with Crippen LogP contribution in [0.2, 0.25) is 0 Å². The van der Waals surface area contributed by atoms with Crippen molar-refractivity contribution in [2.24, 2.45) is 0 Å². The van der Waals surface area contributed by atoms with Crippen molar-refractivity contribution in [1.82, 2.24) is 0 Å². The molecular weight excluding hydrogens is 216 g/mol. The topological polar surface area (TPSA) is 20.2 Å². The van der Waals surface area contributed by atoms with Gasteiger partial charge in [-0.2, -0.15) is 0 Å². The van der Waals surface area contributed by atoms with E-state index in [1.54, 1.807) is 0 Å². The minimum atomic E-state index is -0.451. The van der Waals surface area contributed by atoms with Gasteiger partial charge in [0.15, 0.2) is 0 Å². The standard InChI is InChI=1S/C10H11BrO/c1-10(12)6-9(10)7-2-4-8(11)5-3-7/h2-5,9,12H,6H2,1H3/t9-,10+/m0/s1. The molecule has 1 aliphatic carbocycles. The highest BCUT2D eigenvalue weighted by atomic mass is 79.9. The maximum atomic E-state index is 9.60. The third-order valence-corrected chi connectivity index (χ3v) is 3.01. The van der Waals surface area contributed by atoms with Crippen molar-refractivity contribution in [3.63, 3.8) is 0 Å². The fraction of sp³-hybridized carbons (Fsp3) is 0.400. The molecule has 0 aromatic heterocycles. The molecule has 0 spiro atoms. The van der Waals surface area contributed by atoms with Gasteiger partial charge in [-0.3, -0.25) is 0 Å². The number of hydrogen-bond acceptors (Lipinski definition) is 1. The van der Waals surface area contributed by atoms with Crippen molar-refractivity contribution < 1.29 is 5.11 Å². The molecule has 0 unspecified atom stereocenters. The summed E-state index contributed by atoms with van der Waals surface area (Å²) in [6.07, 6.45) is 0.897. The summed E-state index contributed by atoms with van der Waals surface area (Å²) in [5.74, 6) is 0.352. The fourth-order valence-corrected chi connectivity index (χ4v) is 1.79. The normalized spacial score (nSPS) is 33.4. The summed E-state index contributed by atoms with van der Waals surface area (Å²) in [5.41, 5.74) is 0.789. The Balaban J connectivity index is 2.21. The molecule has 1 nitrogen and oxygen atoms in total. The Morgan fingerprint density at radius 1 is 1.42 bits per heavy atom. The van der Waals surface area contributed by atoms with Crippen molar-refractivity contribution >= 4 is 15.9 Å². The zero-order valence-corrected chi connectivity index (χ0v) is 8.51. The molecule has 1 saturated carbocycles. The van der Waals surface area contributed by atoms with Crippen LogP contribution in [0.1, 0.15) is 24.8 Å². The first-order valence-electron chi connectivity index (χ1n) is 4.07. The van der Waals surface area contributed by atoms with E-state index >= 15 is 0 Å². The van der Waals surface area contributed by atoms with Gasteiger partial charge in [0, 0.05) is 10.4 Å². The summed E-state index contributed by atoms with van der Waals surface area (Å²) < 4.78 is 1.09. The number of aliphatic hydroxyl groups is 1. The van der Waals surface area contributed by atoms with Crippen molar-refractivity contribution in [2.75, 3.05) is 0 Å². The third kappa shape index (κ3) is 1.41. The largest absolute Gasteiger partial charge is 0.390 e. The van der Waals surface area contributed by atoms with E-state index in [0.717, 1.165) is 10.9 Å². The van der Waals surface area contributed by atoms with E-state index in [4.69, 9.17) is 0 Å². The monoisotopic (exact) mass is 226 g/mol. The molecule has 1 aromatic rings. The maximum absolute atomic E-state index is 9.60. The van der Waals surface area contributed by atoms with Gasteiger partial charge in [-0.15, -0.1) is 0 Å². The van der Waals surface area contributed by atoms with Gasteiger partial charge in [0.25, 0.3) is 0 Å². The Labute approximate surface area is 80.5 Å². The predicted molar refractivity (Wildman–Crippen MR) is 52.1 cm³/mol. The summed E-state index contributed by atoms with van der Waals surface area (Å²) >= 11 is 3.38. The van der Waals surface area contributed by atoms with Gasteiger partial charge in [0.1, 0.15) is 0 Å². The molecule has 1 fully saturated rings. The van der Waals surface area contributed by atoms with E-state index in [-0.39, 0.29) is 0 Å². The number of benzene rings is 1. The Morgan fingerprint density at radius 3 is 2.33 bits per heavy atom. The summed E-state index contributed by atoms with van der Waals surface area (Å²) in [6, 6.07) is 8.17. The van der Waals surface area contributed by atoms with E-state index in [0.29, 0.717) is 5.92 Å². The van der Waals surface area contributed by atoms with Gasteiger partial charge in [-0.25, -0.2) is 0 Å². The smallest absolute Gasteiger partial charge is 0.0696 e. The van der Waals surface area contributed by atoms with Gasteiger partial charge in [0.05, 0.1) is 5.60 Å². The van der Waals surface area contributed by atoms with E-state index in [9.17, 15) is 5.11 Å². The van der Waals surface area contributed by atoms with Crippen LogP contribution < -0.4 is 0 Å². The Morgan fingerprint density at radius 2 is 1.92 bits per heavy atom. The number of halogens is 1. The number of hydrogen-bond donors (Lipinski definition) is 1. The van der Waals surface area contributed by atoms with Crippen LogP contribution in [-0.4, -0.2) is 10.7 Å². The first-order chi connectivity index (χ1) is 5.59. The molecule has 2 heteroatoms. The second-order valence-corrected chi connectivity index (χ2v) is 4.58. The lowest BCUT2D eigenvalue weighted by molar-refractivity contribution is 0.164. The van der Waals surface area contributed by atoms with Crippen molar-refractivity contribution in [3.05, 3.63) is 34.3 Å². The van der Waals surface area contributed by atoms with Crippen molar-refractivity contribution in [3.8, 4) is 0 Å². The maximum Gasteiger partial charge on any atom is 0.0696 e. The van der Waals surface area contributed by atoms with Crippen LogP contribution in [0.15, 0.2) is 28.7 Å². The highest BCUT2D eigenvalue weighted by Gasteiger charge is 2.49. The lowest BCUT2D eigenvalue weighted by Crippen LogP contribution is -2.01. The minimum Gasteiger partial charge on any atom is -0.390 e. The van der Waals surface area contributed by atoms with Crippen molar-refractivity contribution in [1.29, 1.82) is 0 Å². The average Bonchev–Trinajstić information content (AvgIpc) is 2.61.